The van der Waals surface area contributed by atoms with Crippen LogP contribution >= 0.6 is 12.2 Å². The van der Waals surface area contributed by atoms with Gasteiger partial charge in [-0.05, 0) is 36.5 Å². The molecule has 2 unspecified atom stereocenters. The summed E-state index contributed by atoms with van der Waals surface area (Å²) in [5, 5.41) is 22.7. The van der Waals surface area contributed by atoms with Gasteiger partial charge in [0.25, 0.3) is 0 Å². The van der Waals surface area contributed by atoms with Gasteiger partial charge in [-0.15, -0.1) is 0 Å². The van der Waals surface area contributed by atoms with Crippen LogP contribution in [0.4, 0.5) is 0 Å². The van der Waals surface area contributed by atoms with Crippen molar-refractivity contribution in [1.82, 2.24) is 0 Å². The molecule has 0 fully saturated rings. The van der Waals surface area contributed by atoms with Crippen LogP contribution < -0.4 is 4.74 Å². The maximum atomic E-state index is 13.0. The van der Waals surface area contributed by atoms with Crippen LogP contribution in [0.25, 0.3) is 0 Å². The van der Waals surface area contributed by atoms with Gasteiger partial charge in [0.05, 0.1) is 16.3 Å². The number of isothiocyanates is 1. The lowest BCUT2D eigenvalue weighted by Crippen LogP contribution is -2.34. The molecule has 9 heteroatoms. The summed E-state index contributed by atoms with van der Waals surface area (Å²) in [6, 6.07) is 14.0. The largest absolute Gasteiger partial charge is 0.508 e. The fourth-order valence-electron chi connectivity index (χ4n) is 4.38. The van der Waals surface area contributed by atoms with Crippen LogP contribution in [0.5, 0.6) is 23.0 Å². The van der Waals surface area contributed by atoms with Gasteiger partial charge in [0.15, 0.2) is 5.60 Å². The van der Waals surface area contributed by atoms with Crippen molar-refractivity contribution in [2.75, 3.05) is 0 Å². The van der Waals surface area contributed by atoms with Crippen LogP contribution in [-0.2, 0) is 19.9 Å². The molecule has 5 rings (SSSR count). The first-order valence-corrected chi connectivity index (χ1v) is 10.2. The second-order valence-corrected chi connectivity index (χ2v) is 7.67. The molecule has 2 aliphatic rings. The van der Waals surface area contributed by atoms with E-state index in [9.17, 15) is 19.8 Å². The van der Waals surface area contributed by atoms with Gasteiger partial charge in [-0.3, -0.25) is 4.79 Å². The second-order valence-electron chi connectivity index (χ2n) is 7.49. The molecule has 0 radical (unpaired) electrons. The van der Waals surface area contributed by atoms with E-state index >= 15 is 0 Å². The fourth-order valence-corrected chi connectivity index (χ4v) is 4.48. The van der Waals surface area contributed by atoms with E-state index in [4.69, 9.17) is 26.4 Å². The molecule has 3 aromatic carbocycles. The summed E-state index contributed by atoms with van der Waals surface area (Å²) >= 11 is 4.74. The highest BCUT2D eigenvalue weighted by molar-refractivity contribution is 7.78. The number of phenolic OH excluding ortho intramolecular Hbond substituents is 2. The summed E-state index contributed by atoms with van der Waals surface area (Å²) in [6.45, 7) is 1.20. The molecular weight excluding hydrogens is 446 g/mol. The predicted octanol–water partition coefficient (Wildman–Crippen LogP) is 4.33. The lowest BCUT2D eigenvalue weighted by molar-refractivity contribution is -0.146. The van der Waals surface area contributed by atoms with E-state index in [-0.39, 0.29) is 28.6 Å². The van der Waals surface area contributed by atoms with Gasteiger partial charge in [-0.2, -0.15) is 4.99 Å². The van der Waals surface area contributed by atoms with Crippen molar-refractivity contribution in [3.63, 3.8) is 0 Å². The highest BCUT2D eigenvalue weighted by Crippen LogP contribution is 2.59. The molecule has 2 N–H and O–H groups in total. The molecular formula is C24H15NO7S. The van der Waals surface area contributed by atoms with Crippen molar-refractivity contribution in [3.8, 4) is 23.0 Å². The van der Waals surface area contributed by atoms with Crippen molar-refractivity contribution in [1.29, 1.82) is 0 Å². The first kappa shape index (κ1) is 20.7. The number of carbonyl (C=O) groups excluding carboxylic acids is 2. The quantitative estimate of drug-likeness (QED) is 0.337. The summed E-state index contributed by atoms with van der Waals surface area (Å²) in [7, 11) is 0. The van der Waals surface area contributed by atoms with E-state index in [1.165, 1.54) is 31.2 Å². The second kappa shape index (κ2) is 7.44. The Balaban J connectivity index is 1.91. The number of thiocarbonyl (C=S) groups is 1. The standard InChI is InChI=1S/C24H15NO7S/c1-12(26)30-22(25-11-33)16-8-14(28)10-20-21(16)24(18-7-6-13(27)9-19(18)31-20)17-5-3-2-4-15(17)23(29)32-24/h2-10,22,27-28H,1H3. The maximum absolute atomic E-state index is 13.0. The number of ether oxygens (including phenoxy) is 3. The zero-order chi connectivity index (χ0) is 23.3. The number of esters is 2. The number of phenols is 2. The molecule has 164 valence electrons. The Morgan fingerprint density at radius 1 is 1.09 bits per heavy atom. The van der Waals surface area contributed by atoms with Gasteiger partial charge in [0, 0.05) is 35.7 Å². The number of fused-ring (bicyclic) bond motifs is 6. The number of rotatable bonds is 3. The van der Waals surface area contributed by atoms with Crippen molar-refractivity contribution in [2.45, 2.75) is 18.8 Å². The van der Waals surface area contributed by atoms with Crippen molar-refractivity contribution in [2.24, 2.45) is 4.99 Å². The Bertz CT molecular complexity index is 1400. The Morgan fingerprint density at radius 2 is 1.85 bits per heavy atom. The zero-order valence-electron chi connectivity index (χ0n) is 17.1. The number of aromatic hydroxyl groups is 2. The Hall–Kier alpha value is -4.20. The van der Waals surface area contributed by atoms with Crippen LogP contribution in [0.3, 0.4) is 0 Å². The van der Waals surface area contributed by atoms with Gasteiger partial charge in [0.1, 0.15) is 23.0 Å². The Morgan fingerprint density at radius 3 is 2.61 bits per heavy atom. The molecule has 3 aromatic rings. The van der Waals surface area contributed by atoms with Gasteiger partial charge < -0.3 is 24.4 Å². The van der Waals surface area contributed by atoms with E-state index in [0.29, 0.717) is 22.3 Å². The molecule has 0 saturated carbocycles. The first-order valence-electron chi connectivity index (χ1n) is 9.81. The average molecular weight is 461 g/mol. The molecule has 8 nitrogen and oxygen atoms in total. The normalized spacial score (nSPS) is 18.2. The summed E-state index contributed by atoms with van der Waals surface area (Å²) in [5.41, 5.74) is 0.267. The lowest BCUT2D eigenvalue weighted by atomic mass is 9.75. The number of nitrogens with zero attached hydrogens (tertiary/aromatic N) is 1. The highest BCUT2D eigenvalue weighted by atomic mass is 32.1. The molecule has 2 heterocycles. The zero-order valence-corrected chi connectivity index (χ0v) is 17.9. The minimum absolute atomic E-state index is 0.0616. The predicted molar refractivity (Wildman–Crippen MR) is 118 cm³/mol. The number of benzene rings is 3. The third-order valence-electron chi connectivity index (χ3n) is 5.52. The molecule has 1 spiro atoms. The van der Waals surface area contributed by atoms with Gasteiger partial charge in [-0.1, -0.05) is 18.2 Å². The van der Waals surface area contributed by atoms with Crippen LogP contribution in [0.2, 0.25) is 0 Å². The maximum Gasteiger partial charge on any atom is 0.340 e. The SMILES string of the molecule is CC(=O)OC(N=C=S)c1cc(O)cc2c1C1(OC(=O)c3ccccc31)c1ccc(O)cc1O2. The number of hydrogen-bond acceptors (Lipinski definition) is 9. The van der Waals surface area contributed by atoms with E-state index in [1.807, 2.05) is 0 Å². The van der Waals surface area contributed by atoms with E-state index in [0.717, 1.165) is 0 Å². The van der Waals surface area contributed by atoms with Crippen LogP contribution in [0.15, 0.2) is 59.6 Å². The van der Waals surface area contributed by atoms with Crippen molar-refractivity contribution >= 4 is 29.3 Å². The average Bonchev–Trinajstić information content (AvgIpc) is 3.05. The lowest BCUT2D eigenvalue weighted by Gasteiger charge is -2.38. The minimum Gasteiger partial charge on any atom is -0.508 e. The molecule has 2 aliphatic heterocycles. The van der Waals surface area contributed by atoms with Crippen LogP contribution in [0.1, 0.15) is 45.8 Å². The van der Waals surface area contributed by atoms with Gasteiger partial charge in [-0.25, -0.2) is 4.79 Å². The first-order chi connectivity index (χ1) is 15.8. The third kappa shape index (κ3) is 3.06. The summed E-state index contributed by atoms with van der Waals surface area (Å²) < 4.78 is 17.4. The van der Waals surface area contributed by atoms with Gasteiger partial charge in [0.2, 0.25) is 6.23 Å². The number of carbonyl (C=O) groups is 2. The van der Waals surface area contributed by atoms with E-state index in [2.05, 4.69) is 10.2 Å². The van der Waals surface area contributed by atoms with Crippen molar-refractivity contribution < 1.29 is 34.0 Å². The minimum atomic E-state index is -1.53. The molecule has 0 aromatic heterocycles. The summed E-state index contributed by atoms with van der Waals surface area (Å²) in [5.74, 6) is -1.13. The monoisotopic (exact) mass is 461 g/mol. The smallest absolute Gasteiger partial charge is 0.340 e. The summed E-state index contributed by atoms with van der Waals surface area (Å²) in [4.78, 5) is 28.7. The summed E-state index contributed by atoms with van der Waals surface area (Å²) in [6.07, 6.45) is -1.29. The molecule has 0 aliphatic carbocycles. The molecule has 33 heavy (non-hydrogen) atoms. The van der Waals surface area contributed by atoms with E-state index < -0.39 is 23.8 Å². The topological polar surface area (TPSA) is 115 Å². The molecule has 0 saturated heterocycles. The van der Waals surface area contributed by atoms with E-state index in [1.54, 1.807) is 30.3 Å². The third-order valence-corrected chi connectivity index (χ3v) is 5.62. The molecule has 0 amide bonds. The number of hydrogen-bond donors (Lipinski definition) is 2. The van der Waals surface area contributed by atoms with Gasteiger partial charge >= 0.3 is 11.9 Å². The number of aliphatic imine (C=N–C) groups is 1. The Kier molecular flexibility index (Phi) is 4.67. The molecule has 2 atom stereocenters. The van der Waals surface area contributed by atoms with Crippen LogP contribution in [0, 0.1) is 0 Å². The molecule has 0 bridgehead atoms. The highest BCUT2D eigenvalue weighted by Gasteiger charge is 2.55. The van der Waals surface area contributed by atoms with Crippen LogP contribution in [-0.4, -0.2) is 27.3 Å². The van der Waals surface area contributed by atoms with Crippen molar-refractivity contribution in [3.05, 3.63) is 82.4 Å². The Labute approximate surface area is 192 Å². The fraction of sp³-hybridized carbons (Fsp3) is 0.125.